The number of rotatable bonds is 8. The van der Waals surface area contributed by atoms with Crippen molar-refractivity contribution in [3.63, 3.8) is 0 Å². The van der Waals surface area contributed by atoms with Crippen LogP contribution in [0.5, 0.6) is 0 Å². The number of nitrogens with zero attached hydrogens (tertiary/aromatic N) is 1. The van der Waals surface area contributed by atoms with Crippen LogP contribution in [-0.2, 0) is 0 Å². The minimum Gasteiger partial charge on any atom is -0.338 e. The molecule has 184 valence electrons. The van der Waals surface area contributed by atoms with Gasteiger partial charge in [-0.1, -0.05) is 54.4 Å². The van der Waals surface area contributed by atoms with Crippen LogP contribution in [0.2, 0.25) is 10.0 Å². The molecule has 4 rings (SSSR count). The van der Waals surface area contributed by atoms with Gasteiger partial charge in [0.05, 0.1) is 12.1 Å². The molecule has 0 radical (unpaired) electrons. The van der Waals surface area contributed by atoms with Crippen molar-refractivity contribution in [1.82, 2.24) is 15.5 Å². The molecule has 3 aromatic rings. The fraction of sp³-hybridized carbons (Fsp3) is 0.296. The van der Waals surface area contributed by atoms with Gasteiger partial charge < -0.3 is 10.6 Å². The van der Waals surface area contributed by atoms with Crippen molar-refractivity contribution >= 4 is 29.2 Å². The molecule has 8 heteroatoms. The fourth-order valence-corrected chi connectivity index (χ4v) is 4.79. The average Bonchev–Trinajstić information content (AvgIpc) is 2.79. The number of hydrogen-bond acceptors (Lipinski definition) is 2. The molecule has 0 aliphatic carbocycles. The van der Waals surface area contributed by atoms with Gasteiger partial charge >= 0.3 is 6.03 Å². The van der Waals surface area contributed by atoms with E-state index in [2.05, 4.69) is 15.5 Å². The molecule has 0 bridgehead atoms. The molecule has 1 atom stereocenters. The Morgan fingerprint density at radius 2 is 1.43 bits per heavy atom. The summed E-state index contributed by atoms with van der Waals surface area (Å²) in [4.78, 5) is 14.7. The minimum absolute atomic E-state index is 0.0364. The van der Waals surface area contributed by atoms with Gasteiger partial charge in [-0.15, -0.1) is 0 Å². The van der Waals surface area contributed by atoms with Crippen molar-refractivity contribution in [1.29, 1.82) is 0 Å². The highest BCUT2D eigenvalue weighted by atomic mass is 35.5. The molecule has 0 saturated carbocycles. The maximum atomic E-state index is 14.0. The summed E-state index contributed by atoms with van der Waals surface area (Å²) in [5.41, 5.74) is 2.54. The van der Waals surface area contributed by atoms with E-state index in [9.17, 15) is 13.6 Å². The molecular formula is C27H27Cl2F2N3O. The van der Waals surface area contributed by atoms with Crippen molar-refractivity contribution in [2.45, 2.75) is 25.4 Å². The van der Waals surface area contributed by atoms with Gasteiger partial charge in [-0.05, 0) is 59.5 Å². The standard InChI is InChI=1S/C27H27Cl2F2N3O/c1-2-11-32-27(35)33-25(19-12-23(30)14-24(31)13-19)20-15-34(16-20)26(17-3-7-21(28)8-4-17)18-5-9-22(29)10-6-18/h3-10,12-14,20,25-26H,2,11,15-16H2,1H3,(H2,32,33,35). The molecule has 4 nitrogen and oxygen atoms in total. The molecule has 1 aliphatic heterocycles. The van der Waals surface area contributed by atoms with Crippen LogP contribution in [0.1, 0.15) is 42.1 Å². The lowest BCUT2D eigenvalue weighted by Crippen LogP contribution is -2.55. The van der Waals surface area contributed by atoms with Gasteiger partial charge in [-0.2, -0.15) is 0 Å². The van der Waals surface area contributed by atoms with E-state index in [1.54, 1.807) is 0 Å². The molecule has 1 aliphatic rings. The Hall–Kier alpha value is -2.67. The highest BCUT2D eigenvalue weighted by molar-refractivity contribution is 6.30. The summed E-state index contributed by atoms with van der Waals surface area (Å²) in [6.45, 7) is 3.71. The van der Waals surface area contributed by atoms with E-state index >= 15 is 0 Å². The number of benzene rings is 3. The van der Waals surface area contributed by atoms with E-state index in [0.29, 0.717) is 35.2 Å². The molecule has 2 N–H and O–H groups in total. The molecule has 2 amide bonds. The van der Waals surface area contributed by atoms with Crippen LogP contribution in [-0.4, -0.2) is 30.6 Å². The largest absolute Gasteiger partial charge is 0.338 e. The second-order valence-electron chi connectivity index (χ2n) is 8.80. The number of likely N-dealkylation sites (tertiary alicyclic amines) is 1. The summed E-state index contributed by atoms with van der Waals surface area (Å²) in [5, 5.41) is 7.03. The molecule has 3 aromatic carbocycles. The SMILES string of the molecule is CCCNC(=O)NC(c1cc(F)cc(F)c1)C1CN(C(c2ccc(Cl)cc2)c2ccc(Cl)cc2)C1. The molecule has 35 heavy (non-hydrogen) atoms. The van der Waals surface area contributed by atoms with Gasteiger partial charge in [0, 0.05) is 41.7 Å². The Labute approximate surface area is 214 Å². The number of amides is 2. The Balaban J connectivity index is 1.59. The van der Waals surface area contributed by atoms with E-state index in [-0.39, 0.29) is 18.0 Å². The van der Waals surface area contributed by atoms with Gasteiger partial charge in [0.15, 0.2) is 0 Å². The van der Waals surface area contributed by atoms with Crippen molar-refractivity contribution in [3.8, 4) is 0 Å². The highest BCUT2D eigenvalue weighted by Gasteiger charge is 2.39. The van der Waals surface area contributed by atoms with Crippen LogP contribution in [0.25, 0.3) is 0 Å². The van der Waals surface area contributed by atoms with Crippen molar-refractivity contribution in [3.05, 3.63) is 105 Å². The van der Waals surface area contributed by atoms with Gasteiger partial charge in [-0.3, -0.25) is 4.90 Å². The molecule has 1 fully saturated rings. The molecule has 0 aromatic heterocycles. The van der Waals surface area contributed by atoms with E-state index in [1.165, 1.54) is 12.1 Å². The van der Waals surface area contributed by atoms with E-state index in [1.807, 2.05) is 55.5 Å². The van der Waals surface area contributed by atoms with Crippen LogP contribution in [0.15, 0.2) is 66.7 Å². The van der Waals surface area contributed by atoms with Crippen molar-refractivity contribution in [2.24, 2.45) is 5.92 Å². The normalized spacial score (nSPS) is 15.0. The predicted octanol–water partition coefficient (Wildman–Crippen LogP) is 6.74. The minimum atomic E-state index is -0.669. The Kier molecular flexibility index (Phi) is 8.26. The average molecular weight is 518 g/mol. The third kappa shape index (κ3) is 6.31. The smallest absolute Gasteiger partial charge is 0.315 e. The number of carbonyl (C=O) groups excluding carboxylic acids is 1. The monoisotopic (exact) mass is 517 g/mol. The zero-order valence-corrected chi connectivity index (χ0v) is 20.8. The van der Waals surface area contributed by atoms with Gasteiger partial charge in [-0.25, -0.2) is 13.6 Å². The number of carbonyl (C=O) groups is 1. The topological polar surface area (TPSA) is 44.4 Å². The first-order chi connectivity index (χ1) is 16.8. The highest BCUT2D eigenvalue weighted by Crippen LogP contribution is 2.39. The van der Waals surface area contributed by atoms with Crippen molar-refractivity contribution in [2.75, 3.05) is 19.6 Å². The lowest BCUT2D eigenvalue weighted by atomic mass is 9.83. The summed E-state index contributed by atoms with van der Waals surface area (Å²) < 4.78 is 28.1. The van der Waals surface area contributed by atoms with E-state index < -0.39 is 17.7 Å². The number of nitrogens with one attached hydrogen (secondary N) is 2. The molecule has 1 heterocycles. The summed E-state index contributed by atoms with van der Waals surface area (Å²) in [7, 11) is 0. The van der Waals surface area contributed by atoms with Crippen LogP contribution < -0.4 is 10.6 Å². The first-order valence-corrected chi connectivity index (χ1v) is 12.3. The maximum Gasteiger partial charge on any atom is 0.315 e. The third-order valence-electron chi connectivity index (χ3n) is 6.21. The summed E-state index contributed by atoms with van der Waals surface area (Å²) >= 11 is 12.2. The number of urea groups is 1. The summed E-state index contributed by atoms with van der Waals surface area (Å²) in [6, 6.07) is 17.8. The molecular weight excluding hydrogens is 491 g/mol. The van der Waals surface area contributed by atoms with Crippen molar-refractivity contribution < 1.29 is 13.6 Å². The van der Waals surface area contributed by atoms with Crippen LogP contribution in [0.4, 0.5) is 13.6 Å². The molecule has 0 spiro atoms. The van der Waals surface area contributed by atoms with Crippen LogP contribution in [0.3, 0.4) is 0 Å². The first-order valence-electron chi connectivity index (χ1n) is 11.6. The van der Waals surface area contributed by atoms with Crippen LogP contribution in [0, 0.1) is 17.6 Å². The number of halogens is 4. The third-order valence-corrected chi connectivity index (χ3v) is 6.72. The van der Waals surface area contributed by atoms with Crippen LogP contribution >= 0.6 is 23.2 Å². The summed E-state index contributed by atoms with van der Waals surface area (Å²) in [5.74, 6) is -1.38. The fourth-order valence-electron chi connectivity index (χ4n) is 4.53. The quantitative estimate of drug-likeness (QED) is 0.347. The van der Waals surface area contributed by atoms with Gasteiger partial charge in [0.2, 0.25) is 0 Å². The Bertz CT molecular complexity index is 1090. The maximum absolute atomic E-state index is 14.0. The predicted molar refractivity (Wildman–Crippen MR) is 136 cm³/mol. The van der Waals surface area contributed by atoms with Gasteiger partial charge in [0.1, 0.15) is 11.6 Å². The number of hydrogen-bond donors (Lipinski definition) is 2. The second-order valence-corrected chi connectivity index (χ2v) is 9.67. The molecule has 1 unspecified atom stereocenters. The lowest BCUT2D eigenvalue weighted by Gasteiger charge is -2.48. The molecule has 1 saturated heterocycles. The van der Waals surface area contributed by atoms with Gasteiger partial charge in [0.25, 0.3) is 0 Å². The lowest BCUT2D eigenvalue weighted by molar-refractivity contribution is 0.0460. The zero-order valence-electron chi connectivity index (χ0n) is 19.3. The second kappa shape index (κ2) is 11.4. The first kappa shape index (κ1) is 25.4. The summed E-state index contributed by atoms with van der Waals surface area (Å²) in [6.07, 6.45) is 0.785. The zero-order chi connectivity index (χ0) is 24.9. The van der Waals surface area contributed by atoms with E-state index in [0.717, 1.165) is 23.6 Å². The Morgan fingerprint density at radius 1 is 0.914 bits per heavy atom. The Morgan fingerprint density at radius 3 is 1.91 bits per heavy atom. The van der Waals surface area contributed by atoms with E-state index in [4.69, 9.17) is 23.2 Å².